The highest BCUT2D eigenvalue weighted by Crippen LogP contribution is 2.23. The molecule has 1 heterocycles. The molecule has 0 unspecified atom stereocenters. The van der Waals surface area contributed by atoms with Crippen LogP contribution in [0.25, 0.3) is 0 Å². The number of nitrogens with one attached hydrogen (secondary N) is 1. The van der Waals surface area contributed by atoms with Gasteiger partial charge in [0.15, 0.2) is 5.09 Å². The van der Waals surface area contributed by atoms with Crippen LogP contribution in [-0.2, 0) is 4.74 Å². The molecule has 0 radical (unpaired) electrons. The fourth-order valence-electron chi connectivity index (χ4n) is 1.78. The molecule has 0 amide bonds. The molecule has 2 aromatic rings. The van der Waals surface area contributed by atoms with Gasteiger partial charge < -0.3 is 21.6 Å². The van der Waals surface area contributed by atoms with E-state index in [9.17, 15) is 0 Å². The topological polar surface area (TPSA) is 98.5 Å². The largest absolute Gasteiger partial charge is 0.430 e. The van der Waals surface area contributed by atoms with Crippen molar-refractivity contribution in [1.29, 1.82) is 0 Å². The summed E-state index contributed by atoms with van der Waals surface area (Å²) in [5.74, 6) is 6.11. The van der Waals surface area contributed by atoms with Crippen LogP contribution in [0.5, 0.6) is 0 Å². The lowest BCUT2D eigenvalue weighted by molar-refractivity contribution is 0.456. The van der Waals surface area contributed by atoms with Crippen molar-refractivity contribution in [3.05, 3.63) is 78.3 Å². The van der Waals surface area contributed by atoms with Crippen LogP contribution in [0.1, 0.15) is 5.69 Å². The summed E-state index contributed by atoms with van der Waals surface area (Å²) in [7, 11) is 0. The lowest BCUT2D eigenvalue weighted by Gasteiger charge is -2.13. The van der Waals surface area contributed by atoms with E-state index in [1.54, 1.807) is 18.3 Å². The van der Waals surface area contributed by atoms with Crippen molar-refractivity contribution in [2.24, 2.45) is 10.9 Å². The van der Waals surface area contributed by atoms with Gasteiger partial charge in [-0.1, -0.05) is 36.5 Å². The quantitative estimate of drug-likeness (QED) is 0.179. The Labute approximate surface area is 145 Å². The molecule has 7 heteroatoms. The highest BCUT2D eigenvalue weighted by Gasteiger charge is 2.09. The van der Waals surface area contributed by atoms with Gasteiger partial charge >= 0.3 is 0 Å². The minimum Gasteiger partial charge on any atom is -0.430 e. The Hall–Kier alpha value is -2.93. The van der Waals surface area contributed by atoms with E-state index in [1.807, 2.05) is 30.3 Å². The van der Waals surface area contributed by atoms with Gasteiger partial charge in [-0.3, -0.25) is 4.98 Å². The van der Waals surface area contributed by atoms with E-state index in [2.05, 4.69) is 28.6 Å². The van der Waals surface area contributed by atoms with Crippen LogP contribution in [0.3, 0.4) is 0 Å². The number of nitrogen functional groups attached to an aromatic ring is 1. The van der Waals surface area contributed by atoms with E-state index in [1.165, 1.54) is 11.8 Å². The molecule has 124 valence electrons. The first-order valence-electron chi connectivity index (χ1n) is 7.08. The molecule has 24 heavy (non-hydrogen) atoms. The van der Waals surface area contributed by atoms with E-state index < -0.39 is 0 Å². The summed E-state index contributed by atoms with van der Waals surface area (Å²) in [4.78, 5) is 4.13. The zero-order valence-corrected chi connectivity index (χ0v) is 13.9. The molecule has 0 spiro atoms. The predicted molar refractivity (Wildman–Crippen MR) is 101 cm³/mol. The number of nitrogens with zero attached hydrogens (tertiary/aromatic N) is 2. The number of hydrazone groups is 1. The molecule has 0 aliphatic heterocycles. The minimum atomic E-state index is 0.207. The molecule has 0 saturated heterocycles. The standard InChI is InChI=1S/C17H19N5OS/c1-12(21-15-8-4-3-7-14(15)18)11-24-13(2)23-17(22-19)16-9-5-6-10-20-16/h3-10,21H,1-2,11,18-19H2/b22-17-. The predicted octanol–water partition coefficient (Wildman–Crippen LogP) is 3.13. The van der Waals surface area contributed by atoms with Crippen molar-refractivity contribution in [3.8, 4) is 0 Å². The minimum absolute atomic E-state index is 0.207. The number of thioether (sulfide) groups is 1. The number of aromatic nitrogens is 1. The van der Waals surface area contributed by atoms with Crippen LogP contribution >= 0.6 is 11.8 Å². The van der Waals surface area contributed by atoms with E-state index in [0.29, 0.717) is 22.2 Å². The lowest BCUT2D eigenvalue weighted by atomic mass is 10.2. The van der Waals surface area contributed by atoms with Crippen LogP contribution < -0.4 is 16.9 Å². The fourth-order valence-corrected chi connectivity index (χ4v) is 2.32. The van der Waals surface area contributed by atoms with Gasteiger partial charge in [-0.05, 0) is 30.8 Å². The number of ether oxygens (including phenoxy) is 1. The van der Waals surface area contributed by atoms with Crippen LogP contribution in [0, 0.1) is 0 Å². The highest BCUT2D eigenvalue weighted by molar-refractivity contribution is 8.03. The highest BCUT2D eigenvalue weighted by atomic mass is 32.2. The summed E-state index contributed by atoms with van der Waals surface area (Å²) < 4.78 is 5.55. The van der Waals surface area contributed by atoms with Gasteiger partial charge in [0.2, 0.25) is 0 Å². The summed E-state index contributed by atoms with van der Waals surface area (Å²) in [6.07, 6.45) is 1.63. The molecule has 0 aliphatic rings. The van der Waals surface area contributed by atoms with E-state index in [-0.39, 0.29) is 5.90 Å². The fraction of sp³-hybridized carbons (Fsp3) is 0.0588. The first kappa shape index (κ1) is 17.4. The van der Waals surface area contributed by atoms with Crippen LogP contribution in [0.4, 0.5) is 11.4 Å². The van der Waals surface area contributed by atoms with Crippen LogP contribution in [0.15, 0.2) is 77.7 Å². The smallest absolute Gasteiger partial charge is 0.262 e. The van der Waals surface area contributed by atoms with Gasteiger partial charge in [0, 0.05) is 17.6 Å². The Morgan fingerprint density at radius 2 is 1.96 bits per heavy atom. The molecule has 6 nitrogen and oxygen atoms in total. The maximum absolute atomic E-state index is 5.88. The molecule has 0 saturated carbocycles. The maximum atomic E-state index is 5.88. The average molecular weight is 341 g/mol. The van der Waals surface area contributed by atoms with E-state index in [4.69, 9.17) is 16.3 Å². The average Bonchev–Trinajstić information content (AvgIpc) is 2.60. The Morgan fingerprint density at radius 1 is 1.21 bits per heavy atom. The zero-order chi connectivity index (χ0) is 17.4. The van der Waals surface area contributed by atoms with Crippen molar-refractivity contribution in [2.75, 3.05) is 16.8 Å². The second-order valence-electron chi connectivity index (χ2n) is 4.73. The summed E-state index contributed by atoms with van der Waals surface area (Å²) in [6, 6.07) is 12.9. The molecule has 0 atom stereocenters. The third-order valence-corrected chi connectivity index (χ3v) is 3.79. The molecular weight excluding hydrogens is 322 g/mol. The molecular formula is C17H19N5OS. The van der Waals surface area contributed by atoms with Gasteiger partial charge in [-0.2, -0.15) is 0 Å². The van der Waals surface area contributed by atoms with Crippen molar-refractivity contribution in [3.63, 3.8) is 0 Å². The Morgan fingerprint density at radius 3 is 2.62 bits per heavy atom. The molecule has 5 N–H and O–H groups in total. The molecule has 2 rings (SSSR count). The normalized spacial score (nSPS) is 10.9. The lowest BCUT2D eigenvalue weighted by Crippen LogP contribution is -2.10. The Kier molecular flexibility index (Phi) is 6.27. The van der Waals surface area contributed by atoms with Gasteiger partial charge in [-0.15, -0.1) is 5.10 Å². The van der Waals surface area contributed by atoms with Gasteiger partial charge in [0.25, 0.3) is 5.90 Å². The number of para-hydroxylation sites is 2. The first-order valence-corrected chi connectivity index (χ1v) is 8.07. The summed E-state index contributed by atoms with van der Waals surface area (Å²) in [5.41, 5.74) is 8.66. The Balaban J connectivity index is 1.84. The number of benzene rings is 1. The molecule has 0 aliphatic carbocycles. The zero-order valence-electron chi connectivity index (χ0n) is 13.1. The van der Waals surface area contributed by atoms with Crippen molar-refractivity contribution in [2.45, 2.75) is 0 Å². The van der Waals surface area contributed by atoms with Crippen molar-refractivity contribution < 1.29 is 4.74 Å². The van der Waals surface area contributed by atoms with Crippen molar-refractivity contribution in [1.82, 2.24) is 4.98 Å². The maximum Gasteiger partial charge on any atom is 0.262 e. The van der Waals surface area contributed by atoms with Crippen LogP contribution in [-0.4, -0.2) is 16.6 Å². The monoisotopic (exact) mass is 341 g/mol. The van der Waals surface area contributed by atoms with Crippen molar-refractivity contribution >= 4 is 29.0 Å². The number of hydrogen-bond acceptors (Lipinski definition) is 7. The third-order valence-electron chi connectivity index (χ3n) is 2.89. The van der Waals surface area contributed by atoms with E-state index >= 15 is 0 Å². The van der Waals surface area contributed by atoms with Crippen LogP contribution in [0.2, 0.25) is 0 Å². The van der Waals surface area contributed by atoms with Gasteiger partial charge in [-0.25, -0.2) is 0 Å². The Bertz CT molecular complexity index is 746. The summed E-state index contributed by atoms with van der Waals surface area (Å²) >= 11 is 1.36. The second kappa shape index (κ2) is 8.64. The van der Waals surface area contributed by atoms with Gasteiger partial charge in [0.1, 0.15) is 5.69 Å². The SMILES string of the molecule is C=C(CSC(=C)O/C(=N\N)c1ccccn1)Nc1ccccc1N. The second-order valence-corrected chi connectivity index (χ2v) is 5.76. The molecule has 1 aromatic carbocycles. The van der Waals surface area contributed by atoms with Gasteiger partial charge in [0.05, 0.1) is 11.4 Å². The number of nitrogens with two attached hydrogens (primary N) is 2. The number of anilines is 2. The molecule has 0 fully saturated rings. The molecule has 0 bridgehead atoms. The summed E-state index contributed by atoms with van der Waals surface area (Å²) in [6.45, 7) is 7.82. The number of hydrogen-bond donors (Lipinski definition) is 3. The summed E-state index contributed by atoms with van der Waals surface area (Å²) in [5, 5.41) is 7.21. The third kappa shape index (κ3) is 5.06. The van der Waals surface area contributed by atoms with E-state index in [0.717, 1.165) is 11.4 Å². The first-order chi connectivity index (χ1) is 11.6. The molecule has 1 aromatic heterocycles. The number of pyridine rings is 1. The number of rotatable bonds is 7.